The quantitative estimate of drug-likeness (QED) is 0.835. The Balaban J connectivity index is 2.11. The molecule has 2 rings (SSSR count). The number of thiophene rings is 1. The van der Waals surface area contributed by atoms with Crippen molar-refractivity contribution in [2.45, 2.75) is 19.4 Å². The van der Waals surface area contributed by atoms with Crippen molar-refractivity contribution in [3.63, 3.8) is 0 Å². The molecule has 1 aromatic heterocycles. The van der Waals surface area contributed by atoms with E-state index in [-0.39, 0.29) is 13.0 Å². The van der Waals surface area contributed by atoms with Gasteiger partial charge in [0.2, 0.25) is 0 Å². The van der Waals surface area contributed by atoms with E-state index in [1.165, 1.54) is 20.5 Å². The minimum Gasteiger partial charge on any atom is -0.198 e. The van der Waals surface area contributed by atoms with Crippen molar-refractivity contribution in [2.75, 3.05) is 20.1 Å². The Morgan fingerprint density at radius 3 is 3.11 bits per heavy atom. The first kappa shape index (κ1) is 13.5. The van der Waals surface area contributed by atoms with Gasteiger partial charge in [-0.15, -0.1) is 11.3 Å². The average Bonchev–Trinajstić information content (AvgIpc) is 2.82. The summed E-state index contributed by atoms with van der Waals surface area (Å²) in [6.07, 6.45) is 0.992. The van der Waals surface area contributed by atoms with Crippen molar-refractivity contribution in [1.82, 2.24) is 8.61 Å². The van der Waals surface area contributed by atoms with Crippen molar-refractivity contribution in [2.24, 2.45) is 0 Å². The van der Waals surface area contributed by atoms with Crippen molar-refractivity contribution in [3.8, 4) is 6.07 Å². The van der Waals surface area contributed by atoms with Gasteiger partial charge in [-0.2, -0.15) is 22.3 Å². The molecule has 1 aliphatic heterocycles. The van der Waals surface area contributed by atoms with Crippen LogP contribution in [-0.4, -0.2) is 37.2 Å². The average molecular weight is 285 g/mol. The van der Waals surface area contributed by atoms with Gasteiger partial charge < -0.3 is 0 Å². The first-order chi connectivity index (χ1) is 8.55. The highest BCUT2D eigenvalue weighted by atomic mass is 32.2. The second-order valence-electron chi connectivity index (χ2n) is 4.19. The number of hydrogen-bond donors (Lipinski definition) is 0. The lowest BCUT2D eigenvalue weighted by Gasteiger charge is -2.29. The van der Waals surface area contributed by atoms with Gasteiger partial charge in [0, 0.05) is 38.0 Å². The molecule has 0 aliphatic carbocycles. The van der Waals surface area contributed by atoms with Gasteiger partial charge in [-0.05, 0) is 23.4 Å². The summed E-state index contributed by atoms with van der Waals surface area (Å²) in [4.78, 5) is 1.28. The maximum atomic E-state index is 12.3. The fraction of sp³-hybridized carbons (Fsp3) is 0.545. The van der Waals surface area contributed by atoms with Crippen LogP contribution in [0.3, 0.4) is 0 Å². The molecule has 0 bridgehead atoms. The number of hydrogen-bond acceptors (Lipinski definition) is 4. The van der Waals surface area contributed by atoms with E-state index < -0.39 is 10.2 Å². The van der Waals surface area contributed by atoms with E-state index >= 15 is 0 Å². The van der Waals surface area contributed by atoms with E-state index in [1.54, 1.807) is 11.3 Å². The standard InChI is InChI=1S/C11H15N3O2S2/c1-13(6-2-5-12)18(15,16)14-7-3-11-10(9-14)4-8-17-11/h4,8H,2-3,6-7,9H2,1H3. The third-order valence-corrected chi connectivity index (χ3v) is 5.99. The van der Waals surface area contributed by atoms with Crippen molar-refractivity contribution < 1.29 is 8.42 Å². The molecule has 0 N–H and O–H groups in total. The van der Waals surface area contributed by atoms with Crippen molar-refractivity contribution >= 4 is 21.5 Å². The Hall–Kier alpha value is -0.940. The molecular formula is C11H15N3O2S2. The van der Waals surface area contributed by atoms with Gasteiger partial charge in [-0.25, -0.2) is 0 Å². The Kier molecular flexibility index (Phi) is 4.02. The van der Waals surface area contributed by atoms with Gasteiger partial charge in [-0.3, -0.25) is 0 Å². The Labute approximate surface area is 111 Å². The van der Waals surface area contributed by atoms with E-state index in [4.69, 9.17) is 5.26 Å². The lowest BCUT2D eigenvalue weighted by molar-refractivity contribution is 0.348. The van der Waals surface area contributed by atoms with Crippen LogP contribution < -0.4 is 0 Å². The zero-order chi connectivity index (χ0) is 13.2. The topological polar surface area (TPSA) is 64.4 Å². The van der Waals surface area contributed by atoms with Gasteiger partial charge >= 0.3 is 0 Å². The molecule has 0 aromatic carbocycles. The number of fused-ring (bicyclic) bond motifs is 1. The number of nitriles is 1. The van der Waals surface area contributed by atoms with Crippen LogP contribution >= 0.6 is 11.3 Å². The molecule has 0 saturated carbocycles. The second-order valence-corrected chi connectivity index (χ2v) is 7.23. The monoisotopic (exact) mass is 285 g/mol. The normalized spacial score (nSPS) is 16.5. The maximum absolute atomic E-state index is 12.3. The highest BCUT2D eigenvalue weighted by Gasteiger charge is 2.30. The largest absolute Gasteiger partial charge is 0.282 e. The minimum atomic E-state index is -3.43. The van der Waals surface area contributed by atoms with E-state index in [0.717, 1.165) is 12.0 Å². The van der Waals surface area contributed by atoms with Crippen LogP contribution in [0.5, 0.6) is 0 Å². The van der Waals surface area contributed by atoms with E-state index in [0.29, 0.717) is 13.1 Å². The molecule has 7 heteroatoms. The molecule has 0 radical (unpaired) electrons. The molecule has 0 saturated heterocycles. The molecule has 5 nitrogen and oxygen atoms in total. The SMILES string of the molecule is CN(CCC#N)S(=O)(=O)N1CCc2sccc2C1. The second kappa shape index (κ2) is 5.36. The van der Waals surface area contributed by atoms with Gasteiger partial charge in [0.1, 0.15) is 0 Å². The summed E-state index contributed by atoms with van der Waals surface area (Å²) in [7, 11) is -1.91. The molecule has 0 amide bonds. The maximum Gasteiger partial charge on any atom is 0.282 e. The summed E-state index contributed by atoms with van der Waals surface area (Å²) in [5, 5.41) is 10.5. The molecule has 1 aromatic rings. The van der Waals surface area contributed by atoms with Crippen molar-refractivity contribution in [3.05, 3.63) is 21.9 Å². The van der Waals surface area contributed by atoms with Gasteiger partial charge in [0.15, 0.2) is 0 Å². The Morgan fingerprint density at radius 2 is 2.39 bits per heavy atom. The fourth-order valence-electron chi connectivity index (χ4n) is 1.94. The molecule has 0 atom stereocenters. The molecule has 0 spiro atoms. The molecule has 0 fully saturated rings. The summed E-state index contributed by atoms with van der Waals surface area (Å²) in [6.45, 7) is 1.20. The van der Waals surface area contributed by atoms with Crippen LogP contribution in [0, 0.1) is 11.3 Å². The Bertz CT molecular complexity index is 559. The Morgan fingerprint density at radius 1 is 1.61 bits per heavy atom. The predicted molar refractivity (Wildman–Crippen MR) is 70.2 cm³/mol. The van der Waals surface area contributed by atoms with Crippen LogP contribution in [0.1, 0.15) is 16.9 Å². The molecule has 1 aliphatic rings. The molecular weight excluding hydrogens is 270 g/mol. The van der Waals surface area contributed by atoms with Crippen LogP contribution in [0.4, 0.5) is 0 Å². The highest BCUT2D eigenvalue weighted by Crippen LogP contribution is 2.26. The lowest BCUT2D eigenvalue weighted by atomic mass is 10.1. The van der Waals surface area contributed by atoms with Gasteiger partial charge in [0.25, 0.3) is 10.2 Å². The zero-order valence-electron chi connectivity index (χ0n) is 10.2. The van der Waals surface area contributed by atoms with Crippen LogP contribution in [0.15, 0.2) is 11.4 Å². The number of rotatable bonds is 4. The smallest absolute Gasteiger partial charge is 0.198 e. The van der Waals surface area contributed by atoms with Gasteiger partial charge in [0.05, 0.1) is 6.07 Å². The summed E-state index contributed by atoms with van der Waals surface area (Å²) in [5.74, 6) is 0. The first-order valence-corrected chi connectivity index (χ1v) is 7.97. The van der Waals surface area contributed by atoms with Crippen LogP contribution in [0.25, 0.3) is 0 Å². The van der Waals surface area contributed by atoms with Crippen LogP contribution in [-0.2, 0) is 23.2 Å². The zero-order valence-corrected chi connectivity index (χ0v) is 11.8. The summed E-state index contributed by atoms with van der Waals surface area (Å²) in [6, 6.07) is 3.95. The predicted octanol–water partition coefficient (Wildman–Crippen LogP) is 1.20. The van der Waals surface area contributed by atoms with Crippen LogP contribution in [0.2, 0.25) is 0 Å². The summed E-state index contributed by atoms with van der Waals surface area (Å²) in [5.41, 5.74) is 1.10. The fourth-order valence-corrected chi connectivity index (χ4v) is 4.17. The molecule has 0 unspecified atom stereocenters. The molecule has 18 heavy (non-hydrogen) atoms. The summed E-state index contributed by atoms with van der Waals surface area (Å²) < 4.78 is 27.3. The molecule has 2 heterocycles. The van der Waals surface area contributed by atoms with E-state index in [9.17, 15) is 8.42 Å². The minimum absolute atomic E-state index is 0.216. The first-order valence-electron chi connectivity index (χ1n) is 5.69. The van der Waals surface area contributed by atoms with E-state index in [2.05, 4.69) is 0 Å². The molecule has 98 valence electrons. The van der Waals surface area contributed by atoms with E-state index in [1.807, 2.05) is 17.5 Å². The van der Waals surface area contributed by atoms with Crippen molar-refractivity contribution in [1.29, 1.82) is 5.26 Å². The third kappa shape index (κ3) is 2.57. The van der Waals surface area contributed by atoms with Gasteiger partial charge in [-0.1, -0.05) is 0 Å². The lowest BCUT2D eigenvalue weighted by Crippen LogP contribution is -2.44. The number of nitrogens with zero attached hydrogens (tertiary/aromatic N) is 3. The summed E-state index contributed by atoms with van der Waals surface area (Å²) >= 11 is 1.68. The highest BCUT2D eigenvalue weighted by molar-refractivity contribution is 7.86. The third-order valence-electron chi connectivity index (χ3n) is 3.03.